The van der Waals surface area contributed by atoms with Gasteiger partial charge in [-0.25, -0.2) is 0 Å². The van der Waals surface area contributed by atoms with Gasteiger partial charge in [0.15, 0.2) is 0 Å². The molecule has 0 N–H and O–H groups in total. The van der Waals surface area contributed by atoms with Crippen LogP contribution in [0.25, 0.3) is 0 Å². The molecule has 0 aliphatic carbocycles. The van der Waals surface area contributed by atoms with Gasteiger partial charge in [-0.15, -0.1) is 0 Å². The van der Waals surface area contributed by atoms with E-state index in [0.29, 0.717) is 6.42 Å². The monoisotopic (exact) mass is 294 g/mol. The molecule has 0 unspecified atom stereocenters. The smallest absolute Gasteiger partial charge is 0.223 e. The number of ether oxygens (including phenoxy) is 1. The van der Waals surface area contributed by atoms with Gasteiger partial charge in [-0.1, -0.05) is 23.7 Å². The third-order valence-electron chi connectivity index (χ3n) is 3.83. The fourth-order valence-electron chi connectivity index (χ4n) is 2.53. The molecule has 1 atom stereocenters. The van der Waals surface area contributed by atoms with E-state index in [4.69, 9.17) is 16.3 Å². The number of halogens is 1. The Morgan fingerprint density at radius 2 is 1.95 bits per heavy atom. The lowest BCUT2D eigenvalue weighted by molar-refractivity contribution is -0.130. The lowest BCUT2D eigenvalue weighted by Crippen LogP contribution is -2.36. The molecular formula is C15H19ClN2O2. The molecule has 5 heteroatoms. The van der Waals surface area contributed by atoms with E-state index in [1.165, 1.54) is 5.56 Å². The molecule has 2 fully saturated rings. The van der Waals surface area contributed by atoms with Crippen molar-refractivity contribution in [3.05, 3.63) is 34.9 Å². The summed E-state index contributed by atoms with van der Waals surface area (Å²) in [5.41, 5.74) is 1.24. The third-order valence-corrected chi connectivity index (χ3v) is 4.08. The molecular weight excluding hydrogens is 276 g/mol. The first-order chi connectivity index (χ1) is 9.70. The zero-order chi connectivity index (χ0) is 13.9. The number of carbonyl (C=O) groups is 1. The van der Waals surface area contributed by atoms with Crippen molar-refractivity contribution < 1.29 is 9.53 Å². The third kappa shape index (κ3) is 3.72. The van der Waals surface area contributed by atoms with E-state index in [9.17, 15) is 4.79 Å². The van der Waals surface area contributed by atoms with E-state index in [1.807, 2.05) is 29.2 Å². The highest BCUT2D eigenvalue weighted by Crippen LogP contribution is 2.16. The standard InChI is InChI=1S/C15H19ClN2O2/c16-13-3-1-12(2-4-13)9-17-6-5-15(19)18(8-7-17)10-14-11-20-14/h1-4,14H,5-11H2/t14-/m0/s1. The van der Waals surface area contributed by atoms with Crippen LogP contribution in [0.2, 0.25) is 5.02 Å². The molecule has 0 bridgehead atoms. The van der Waals surface area contributed by atoms with E-state index in [0.717, 1.165) is 44.4 Å². The van der Waals surface area contributed by atoms with E-state index in [1.54, 1.807) is 0 Å². The molecule has 0 aromatic heterocycles. The minimum Gasteiger partial charge on any atom is -0.371 e. The van der Waals surface area contributed by atoms with Gasteiger partial charge in [-0.3, -0.25) is 9.69 Å². The molecule has 108 valence electrons. The van der Waals surface area contributed by atoms with Crippen LogP contribution in [-0.4, -0.2) is 54.6 Å². The summed E-state index contributed by atoms with van der Waals surface area (Å²) >= 11 is 5.90. The van der Waals surface area contributed by atoms with Crippen LogP contribution in [0.1, 0.15) is 12.0 Å². The van der Waals surface area contributed by atoms with E-state index in [2.05, 4.69) is 4.90 Å². The van der Waals surface area contributed by atoms with Gasteiger partial charge in [0, 0.05) is 44.2 Å². The number of carbonyl (C=O) groups excluding carboxylic acids is 1. The van der Waals surface area contributed by atoms with Gasteiger partial charge in [0.25, 0.3) is 0 Å². The van der Waals surface area contributed by atoms with Crippen molar-refractivity contribution in [2.45, 2.75) is 19.1 Å². The fraction of sp³-hybridized carbons (Fsp3) is 0.533. The van der Waals surface area contributed by atoms with Crippen molar-refractivity contribution in [3.63, 3.8) is 0 Å². The predicted molar refractivity (Wildman–Crippen MR) is 77.7 cm³/mol. The second-order valence-electron chi connectivity index (χ2n) is 5.45. The van der Waals surface area contributed by atoms with Crippen molar-refractivity contribution in [1.29, 1.82) is 0 Å². The second-order valence-corrected chi connectivity index (χ2v) is 5.88. The van der Waals surface area contributed by atoms with Crippen molar-refractivity contribution in [1.82, 2.24) is 9.80 Å². The first-order valence-electron chi connectivity index (χ1n) is 7.07. The van der Waals surface area contributed by atoms with Crippen molar-refractivity contribution >= 4 is 17.5 Å². The molecule has 2 heterocycles. The van der Waals surface area contributed by atoms with Crippen LogP contribution in [0, 0.1) is 0 Å². The summed E-state index contributed by atoms with van der Waals surface area (Å²) in [6.45, 7) is 4.97. The van der Waals surface area contributed by atoms with Crippen LogP contribution in [0.15, 0.2) is 24.3 Å². The topological polar surface area (TPSA) is 36.1 Å². The highest BCUT2D eigenvalue weighted by Gasteiger charge is 2.29. The number of nitrogens with zero attached hydrogens (tertiary/aromatic N) is 2. The largest absolute Gasteiger partial charge is 0.371 e. The van der Waals surface area contributed by atoms with E-state index < -0.39 is 0 Å². The normalized spacial score (nSPS) is 23.8. The zero-order valence-electron chi connectivity index (χ0n) is 11.4. The van der Waals surface area contributed by atoms with Gasteiger partial charge in [0.2, 0.25) is 5.91 Å². The van der Waals surface area contributed by atoms with E-state index in [-0.39, 0.29) is 12.0 Å². The molecule has 4 nitrogen and oxygen atoms in total. The molecule has 20 heavy (non-hydrogen) atoms. The fourth-order valence-corrected chi connectivity index (χ4v) is 2.65. The summed E-state index contributed by atoms with van der Waals surface area (Å²) in [7, 11) is 0. The summed E-state index contributed by atoms with van der Waals surface area (Å²) in [6.07, 6.45) is 0.877. The Bertz CT molecular complexity index is 473. The Morgan fingerprint density at radius 1 is 1.20 bits per heavy atom. The molecule has 1 amide bonds. The van der Waals surface area contributed by atoms with Gasteiger partial charge in [0.05, 0.1) is 12.7 Å². The summed E-state index contributed by atoms with van der Waals surface area (Å²) in [5.74, 6) is 0.249. The van der Waals surface area contributed by atoms with Crippen molar-refractivity contribution in [3.8, 4) is 0 Å². The average molecular weight is 295 g/mol. The van der Waals surface area contributed by atoms with Gasteiger partial charge < -0.3 is 9.64 Å². The summed E-state index contributed by atoms with van der Waals surface area (Å²) in [4.78, 5) is 16.3. The summed E-state index contributed by atoms with van der Waals surface area (Å²) < 4.78 is 5.21. The number of epoxide rings is 1. The van der Waals surface area contributed by atoms with Crippen LogP contribution in [-0.2, 0) is 16.1 Å². The highest BCUT2D eigenvalue weighted by molar-refractivity contribution is 6.30. The van der Waals surface area contributed by atoms with Crippen LogP contribution in [0.5, 0.6) is 0 Å². The van der Waals surface area contributed by atoms with Gasteiger partial charge in [-0.05, 0) is 17.7 Å². The molecule has 2 saturated heterocycles. The Labute approximate surface area is 124 Å². The first kappa shape index (κ1) is 13.9. The maximum atomic E-state index is 12.0. The number of amides is 1. The quantitative estimate of drug-likeness (QED) is 0.794. The molecule has 0 spiro atoms. The molecule has 2 aliphatic rings. The van der Waals surface area contributed by atoms with Gasteiger partial charge in [-0.2, -0.15) is 0 Å². The Kier molecular flexibility index (Phi) is 4.24. The van der Waals surface area contributed by atoms with Gasteiger partial charge >= 0.3 is 0 Å². The maximum absolute atomic E-state index is 12.0. The van der Waals surface area contributed by atoms with Crippen LogP contribution in [0.4, 0.5) is 0 Å². The van der Waals surface area contributed by atoms with Crippen LogP contribution >= 0.6 is 11.6 Å². The number of benzene rings is 1. The lowest BCUT2D eigenvalue weighted by atomic mass is 10.2. The summed E-state index contributed by atoms with van der Waals surface area (Å²) in [5, 5.41) is 0.760. The number of hydrogen-bond donors (Lipinski definition) is 0. The maximum Gasteiger partial charge on any atom is 0.223 e. The molecule has 1 aromatic rings. The van der Waals surface area contributed by atoms with Crippen molar-refractivity contribution in [2.75, 3.05) is 32.8 Å². The number of hydrogen-bond acceptors (Lipinski definition) is 3. The molecule has 1 aromatic carbocycles. The molecule has 0 radical (unpaired) electrons. The number of rotatable bonds is 4. The van der Waals surface area contributed by atoms with Crippen molar-refractivity contribution in [2.24, 2.45) is 0 Å². The second kappa shape index (κ2) is 6.12. The molecule has 2 aliphatic heterocycles. The lowest BCUT2D eigenvalue weighted by Gasteiger charge is -2.21. The zero-order valence-corrected chi connectivity index (χ0v) is 12.2. The Morgan fingerprint density at radius 3 is 2.65 bits per heavy atom. The first-order valence-corrected chi connectivity index (χ1v) is 7.45. The Balaban J connectivity index is 1.55. The Hall–Kier alpha value is -1.10. The minimum absolute atomic E-state index is 0.249. The minimum atomic E-state index is 0.249. The average Bonchev–Trinajstić information content (AvgIpc) is 3.26. The van der Waals surface area contributed by atoms with E-state index >= 15 is 0 Å². The molecule has 3 rings (SSSR count). The molecule has 0 saturated carbocycles. The highest BCUT2D eigenvalue weighted by atomic mass is 35.5. The van der Waals surface area contributed by atoms with Gasteiger partial charge in [0.1, 0.15) is 0 Å². The SMILES string of the molecule is O=C1CCN(Cc2ccc(Cl)cc2)CCN1C[C@H]1CO1. The van der Waals surface area contributed by atoms with Crippen LogP contribution < -0.4 is 0 Å². The van der Waals surface area contributed by atoms with Crippen LogP contribution in [0.3, 0.4) is 0 Å². The predicted octanol–water partition coefficient (Wildman–Crippen LogP) is 1.77. The summed E-state index contributed by atoms with van der Waals surface area (Å²) in [6, 6.07) is 7.92.